The Kier molecular flexibility index (Phi) is 3.98. The Morgan fingerprint density at radius 2 is 2.16 bits per heavy atom. The van der Waals surface area contributed by atoms with Crippen molar-refractivity contribution in [2.24, 2.45) is 0 Å². The third-order valence-electron chi connectivity index (χ3n) is 2.73. The average molecular weight is 276 g/mol. The maximum atomic E-state index is 13.7. The summed E-state index contributed by atoms with van der Waals surface area (Å²) in [4.78, 5) is 5.91. The molecular weight excluding hydrogens is 265 g/mol. The van der Waals surface area contributed by atoms with Gasteiger partial charge in [0, 0.05) is 30.4 Å². The highest BCUT2D eigenvalue weighted by atomic mass is 35.5. The molecule has 5 heteroatoms. The second-order valence-corrected chi connectivity index (χ2v) is 4.48. The predicted octanol–water partition coefficient (Wildman–Crippen LogP) is 3.38. The minimum Gasteiger partial charge on any atom is -0.355 e. The summed E-state index contributed by atoms with van der Waals surface area (Å²) in [6.45, 7) is 0.310. The topological polar surface area (TPSA) is 39.9 Å². The molecule has 0 saturated carbocycles. The van der Waals surface area contributed by atoms with Gasteiger partial charge in [-0.25, -0.2) is 9.37 Å². The van der Waals surface area contributed by atoms with Gasteiger partial charge in [-0.05, 0) is 24.3 Å². The second kappa shape index (κ2) is 5.68. The zero-order valence-corrected chi connectivity index (χ0v) is 11.0. The molecule has 0 unspecified atom stereocenters. The molecule has 0 spiro atoms. The maximum absolute atomic E-state index is 13.7. The molecule has 0 bridgehead atoms. The highest BCUT2D eigenvalue weighted by Gasteiger charge is 2.11. The first-order valence-electron chi connectivity index (χ1n) is 5.62. The number of aromatic nitrogens is 1. The number of benzene rings is 1. The first kappa shape index (κ1) is 13.3. The Morgan fingerprint density at radius 1 is 1.37 bits per heavy atom. The molecule has 0 aliphatic heterocycles. The van der Waals surface area contributed by atoms with Gasteiger partial charge in [0.2, 0.25) is 0 Å². The van der Waals surface area contributed by atoms with Crippen LogP contribution in [0.25, 0.3) is 0 Å². The number of nitriles is 1. The van der Waals surface area contributed by atoms with E-state index in [0.29, 0.717) is 28.5 Å². The smallest absolute Gasteiger partial charge is 0.129 e. The molecule has 0 amide bonds. The second-order valence-electron chi connectivity index (χ2n) is 4.07. The van der Waals surface area contributed by atoms with E-state index in [1.54, 1.807) is 36.2 Å². The summed E-state index contributed by atoms with van der Waals surface area (Å²) in [5, 5.41) is 9.09. The molecule has 2 aromatic rings. The molecule has 19 heavy (non-hydrogen) atoms. The third kappa shape index (κ3) is 3.01. The van der Waals surface area contributed by atoms with Gasteiger partial charge in [0.15, 0.2) is 0 Å². The molecule has 1 aromatic heterocycles. The Labute approximate surface area is 115 Å². The SMILES string of the molecule is CN(Cc1c(F)cccc1Cl)c1ccc(C#N)cn1. The van der Waals surface area contributed by atoms with Gasteiger partial charge in [0.25, 0.3) is 0 Å². The fourth-order valence-electron chi connectivity index (χ4n) is 1.68. The Balaban J connectivity index is 2.21. The molecule has 0 N–H and O–H groups in total. The fourth-order valence-corrected chi connectivity index (χ4v) is 1.90. The Bertz CT molecular complexity index is 599. The Morgan fingerprint density at radius 3 is 2.74 bits per heavy atom. The number of pyridine rings is 1. The van der Waals surface area contributed by atoms with Gasteiger partial charge in [-0.1, -0.05) is 17.7 Å². The summed E-state index contributed by atoms with van der Waals surface area (Å²) in [6, 6.07) is 9.98. The first-order valence-corrected chi connectivity index (χ1v) is 6.00. The molecule has 0 aliphatic carbocycles. The van der Waals surface area contributed by atoms with Crippen molar-refractivity contribution in [2.45, 2.75) is 6.54 Å². The normalized spacial score (nSPS) is 10.0. The van der Waals surface area contributed by atoms with Crippen LogP contribution in [-0.4, -0.2) is 12.0 Å². The van der Waals surface area contributed by atoms with Crippen molar-refractivity contribution in [2.75, 3.05) is 11.9 Å². The van der Waals surface area contributed by atoms with Crippen molar-refractivity contribution in [1.29, 1.82) is 5.26 Å². The molecule has 0 aliphatic rings. The van der Waals surface area contributed by atoms with Crippen molar-refractivity contribution in [1.82, 2.24) is 4.98 Å². The fraction of sp³-hybridized carbons (Fsp3) is 0.143. The molecular formula is C14H11ClFN3. The van der Waals surface area contributed by atoms with E-state index < -0.39 is 0 Å². The van der Waals surface area contributed by atoms with Crippen molar-refractivity contribution >= 4 is 17.4 Å². The lowest BCUT2D eigenvalue weighted by molar-refractivity contribution is 0.607. The van der Waals surface area contributed by atoms with Crippen molar-refractivity contribution in [3.05, 3.63) is 58.5 Å². The molecule has 0 fully saturated rings. The van der Waals surface area contributed by atoms with Crippen LogP contribution in [0.2, 0.25) is 5.02 Å². The lowest BCUT2D eigenvalue weighted by atomic mass is 10.2. The van der Waals surface area contributed by atoms with E-state index in [-0.39, 0.29) is 5.82 Å². The van der Waals surface area contributed by atoms with Gasteiger partial charge in [-0.3, -0.25) is 0 Å². The molecule has 1 aromatic carbocycles. The number of hydrogen-bond acceptors (Lipinski definition) is 3. The minimum atomic E-state index is -0.340. The zero-order valence-electron chi connectivity index (χ0n) is 10.3. The number of halogens is 2. The molecule has 3 nitrogen and oxygen atoms in total. The number of rotatable bonds is 3. The molecule has 1 heterocycles. The largest absolute Gasteiger partial charge is 0.355 e. The van der Waals surface area contributed by atoms with E-state index in [4.69, 9.17) is 16.9 Å². The average Bonchev–Trinajstić information content (AvgIpc) is 2.43. The number of nitrogens with zero attached hydrogens (tertiary/aromatic N) is 3. The van der Waals surface area contributed by atoms with Crippen LogP contribution in [0.4, 0.5) is 10.2 Å². The molecule has 96 valence electrons. The predicted molar refractivity (Wildman–Crippen MR) is 72.5 cm³/mol. The first-order chi connectivity index (χ1) is 9.11. The van der Waals surface area contributed by atoms with Crippen LogP contribution in [0.5, 0.6) is 0 Å². The van der Waals surface area contributed by atoms with Crippen molar-refractivity contribution in [3.63, 3.8) is 0 Å². The number of hydrogen-bond donors (Lipinski definition) is 0. The van der Waals surface area contributed by atoms with Crippen LogP contribution >= 0.6 is 11.6 Å². The lowest BCUT2D eigenvalue weighted by Crippen LogP contribution is -2.18. The summed E-state index contributed by atoms with van der Waals surface area (Å²) in [7, 11) is 1.79. The van der Waals surface area contributed by atoms with Crippen molar-refractivity contribution < 1.29 is 4.39 Å². The standard InChI is InChI=1S/C14H11ClFN3/c1-19(14-6-5-10(7-17)8-18-14)9-11-12(15)3-2-4-13(11)16/h2-6,8H,9H2,1H3. The molecule has 0 saturated heterocycles. The maximum Gasteiger partial charge on any atom is 0.129 e. The third-order valence-corrected chi connectivity index (χ3v) is 3.08. The van der Waals surface area contributed by atoms with Crippen LogP contribution in [0.3, 0.4) is 0 Å². The molecule has 0 radical (unpaired) electrons. The van der Waals surface area contributed by atoms with Gasteiger partial charge in [0.1, 0.15) is 17.7 Å². The Hall–Kier alpha value is -2.12. The van der Waals surface area contributed by atoms with Crippen LogP contribution < -0.4 is 4.90 Å². The van der Waals surface area contributed by atoms with Gasteiger partial charge in [0.05, 0.1) is 5.56 Å². The highest BCUT2D eigenvalue weighted by Crippen LogP contribution is 2.22. The van der Waals surface area contributed by atoms with Crippen LogP contribution in [0, 0.1) is 17.1 Å². The lowest BCUT2D eigenvalue weighted by Gasteiger charge is -2.19. The van der Waals surface area contributed by atoms with Gasteiger partial charge in [-0.2, -0.15) is 5.26 Å². The monoisotopic (exact) mass is 275 g/mol. The van der Waals surface area contributed by atoms with Gasteiger partial charge >= 0.3 is 0 Å². The zero-order chi connectivity index (χ0) is 13.8. The van der Waals surface area contributed by atoms with E-state index in [2.05, 4.69) is 4.98 Å². The van der Waals surface area contributed by atoms with Crippen LogP contribution in [-0.2, 0) is 6.54 Å². The number of anilines is 1. The van der Waals surface area contributed by atoms with E-state index in [9.17, 15) is 4.39 Å². The van der Waals surface area contributed by atoms with Crippen LogP contribution in [0.15, 0.2) is 36.5 Å². The van der Waals surface area contributed by atoms with E-state index >= 15 is 0 Å². The molecule has 0 atom stereocenters. The summed E-state index contributed by atoms with van der Waals surface area (Å²) < 4.78 is 13.7. The summed E-state index contributed by atoms with van der Waals surface area (Å²) >= 11 is 5.98. The quantitative estimate of drug-likeness (QED) is 0.862. The summed E-state index contributed by atoms with van der Waals surface area (Å²) in [5.74, 6) is 0.311. The van der Waals surface area contributed by atoms with Gasteiger partial charge < -0.3 is 4.90 Å². The minimum absolute atomic E-state index is 0.310. The molecule has 2 rings (SSSR count). The van der Waals surface area contributed by atoms with Crippen LogP contribution in [0.1, 0.15) is 11.1 Å². The highest BCUT2D eigenvalue weighted by molar-refractivity contribution is 6.31. The summed E-state index contributed by atoms with van der Waals surface area (Å²) in [6.07, 6.45) is 1.48. The van der Waals surface area contributed by atoms with Gasteiger partial charge in [-0.15, -0.1) is 0 Å². The summed E-state index contributed by atoms with van der Waals surface area (Å²) in [5.41, 5.74) is 0.916. The van der Waals surface area contributed by atoms with Crippen molar-refractivity contribution in [3.8, 4) is 6.07 Å². The van der Waals surface area contributed by atoms with E-state index in [1.165, 1.54) is 12.3 Å². The van der Waals surface area contributed by atoms with E-state index in [1.807, 2.05) is 6.07 Å². The van der Waals surface area contributed by atoms with E-state index in [0.717, 1.165) is 0 Å².